The van der Waals surface area contributed by atoms with Crippen molar-refractivity contribution in [2.24, 2.45) is 0 Å². The molecule has 0 radical (unpaired) electrons. The lowest BCUT2D eigenvalue weighted by atomic mass is 10.1. The number of aliphatic hydroxyl groups is 2. The van der Waals surface area contributed by atoms with E-state index in [4.69, 9.17) is 9.47 Å². The molecule has 0 amide bonds. The third-order valence-electron chi connectivity index (χ3n) is 7.12. The Morgan fingerprint density at radius 3 is 1.49 bits per heavy atom. The number of esters is 2. The highest BCUT2D eigenvalue weighted by atomic mass is 16.6. The number of allylic oxidation sites excluding steroid dienone is 7. The van der Waals surface area contributed by atoms with Crippen molar-refractivity contribution in [2.45, 2.75) is 161 Å². The molecule has 0 heterocycles. The molecule has 1 unspecified atom stereocenters. The van der Waals surface area contributed by atoms with Crippen LogP contribution in [0.4, 0.5) is 0 Å². The Morgan fingerprint density at radius 2 is 0.977 bits per heavy atom. The molecule has 0 spiro atoms. The lowest BCUT2D eigenvalue weighted by Crippen LogP contribution is -2.25. The van der Waals surface area contributed by atoms with Gasteiger partial charge in [-0.1, -0.05) is 133 Å². The average Bonchev–Trinajstić information content (AvgIpc) is 2.99. The molecule has 0 aromatic rings. The van der Waals surface area contributed by atoms with Gasteiger partial charge in [0.05, 0.1) is 6.10 Å². The fourth-order valence-corrected chi connectivity index (χ4v) is 4.50. The zero-order valence-corrected chi connectivity index (χ0v) is 27.6. The molecule has 0 saturated carbocycles. The number of unbranched alkanes of at least 4 members (excludes halogenated alkanes) is 11. The molecule has 6 heteroatoms. The van der Waals surface area contributed by atoms with E-state index in [-0.39, 0.29) is 31.3 Å². The van der Waals surface area contributed by atoms with E-state index in [2.05, 4.69) is 62.5 Å². The SMILES string of the molecule is CCCCCCCCCCCCCC(=O)OC[C@H](O)COC(=O)CCC/C=C\C/C=C\C/C=C\C/C=C\CC(O)CCC. The largest absolute Gasteiger partial charge is 0.463 e. The Labute approximate surface area is 263 Å². The Kier molecular flexibility index (Phi) is 31.1. The predicted molar refractivity (Wildman–Crippen MR) is 179 cm³/mol. The van der Waals surface area contributed by atoms with Crippen molar-refractivity contribution in [3.63, 3.8) is 0 Å². The van der Waals surface area contributed by atoms with Crippen LogP contribution in [0, 0.1) is 0 Å². The molecule has 6 nitrogen and oxygen atoms in total. The van der Waals surface area contributed by atoms with Crippen molar-refractivity contribution in [3.8, 4) is 0 Å². The predicted octanol–water partition coefficient (Wildman–Crippen LogP) is 9.25. The van der Waals surface area contributed by atoms with Gasteiger partial charge in [-0.05, 0) is 51.4 Å². The topological polar surface area (TPSA) is 93.1 Å². The first-order valence-corrected chi connectivity index (χ1v) is 17.3. The second kappa shape index (κ2) is 32.7. The maximum absolute atomic E-state index is 11.9. The van der Waals surface area contributed by atoms with Gasteiger partial charge in [0.1, 0.15) is 19.3 Å². The Morgan fingerprint density at radius 1 is 0.535 bits per heavy atom. The summed E-state index contributed by atoms with van der Waals surface area (Å²) in [6.45, 7) is 4.03. The molecule has 0 fully saturated rings. The van der Waals surface area contributed by atoms with Gasteiger partial charge >= 0.3 is 11.9 Å². The van der Waals surface area contributed by atoms with Crippen molar-refractivity contribution in [3.05, 3.63) is 48.6 Å². The highest BCUT2D eigenvalue weighted by Crippen LogP contribution is 2.12. The fraction of sp³-hybridized carbons (Fsp3) is 0.730. The molecule has 0 saturated heterocycles. The van der Waals surface area contributed by atoms with E-state index in [0.717, 1.165) is 64.2 Å². The minimum absolute atomic E-state index is 0.141. The van der Waals surface area contributed by atoms with Crippen LogP contribution in [0.1, 0.15) is 149 Å². The van der Waals surface area contributed by atoms with E-state index < -0.39 is 6.10 Å². The van der Waals surface area contributed by atoms with Gasteiger partial charge in [-0.2, -0.15) is 0 Å². The summed E-state index contributed by atoms with van der Waals surface area (Å²) >= 11 is 0. The molecule has 0 aliphatic carbocycles. The molecule has 248 valence electrons. The van der Waals surface area contributed by atoms with Crippen LogP contribution in [0.3, 0.4) is 0 Å². The molecular formula is C37H64O6. The molecular weight excluding hydrogens is 540 g/mol. The summed E-state index contributed by atoms with van der Waals surface area (Å²) < 4.78 is 10.2. The van der Waals surface area contributed by atoms with Crippen LogP contribution in [0.5, 0.6) is 0 Å². The molecule has 2 N–H and O–H groups in total. The summed E-state index contributed by atoms with van der Waals surface area (Å²) in [5.41, 5.74) is 0. The van der Waals surface area contributed by atoms with Gasteiger partial charge in [0.15, 0.2) is 0 Å². The van der Waals surface area contributed by atoms with Gasteiger partial charge in [-0.25, -0.2) is 0 Å². The van der Waals surface area contributed by atoms with Gasteiger partial charge in [-0.3, -0.25) is 9.59 Å². The standard InChI is InChI=1S/C37H64O6/c1-3-5-6-7-8-9-13-17-20-23-26-30-36(40)42-32-35(39)33-43-37(41)31-27-24-21-18-15-12-10-11-14-16-19-22-25-29-34(38)28-4-2/h10,12,14,16,18,21-22,25,34-35,38-39H,3-9,11,13,15,17,19-20,23-24,26-33H2,1-2H3/b12-10-,16-14-,21-18-,25-22-/t34?,35-/m0/s1. The highest BCUT2D eigenvalue weighted by Gasteiger charge is 2.12. The number of carbonyl (C=O) groups is 2. The quantitative estimate of drug-likeness (QED) is 0.0482. The number of hydrogen-bond donors (Lipinski definition) is 2. The first-order valence-electron chi connectivity index (χ1n) is 17.3. The van der Waals surface area contributed by atoms with Crippen molar-refractivity contribution >= 4 is 11.9 Å². The first-order chi connectivity index (χ1) is 21.0. The van der Waals surface area contributed by atoms with E-state index in [1.54, 1.807) is 0 Å². The minimum Gasteiger partial charge on any atom is -0.463 e. The molecule has 0 aromatic carbocycles. The van der Waals surface area contributed by atoms with Gasteiger partial charge in [0, 0.05) is 12.8 Å². The average molecular weight is 605 g/mol. The second-order valence-electron chi connectivity index (χ2n) is 11.5. The zero-order valence-electron chi connectivity index (χ0n) is 27.6. The number of carbonyl (C=O) groups excluding carboxylic acids is 2. The van der Waals surface area contributed by atoms with Crippen molar-refractivity contribution < 1.29 is 29.3 Å². The Bertz CT molecular complexity index is 754. The summed E-state index contributed by atoms with van der Waals surface area (Å²) in [5.74, 6) is -0.652. The fourth-order valence-electron chi connectivity index (χ4n) is 4.50. The van der Waals surface area contributed by atoms with E-state index in [9.17, 15) is 19.8 Å². The summed E-state index contributed by atoms with van der Waals surface area (Å²) in [5, 5.41) is 19.6. The third-order valence-corrected chi connectivity index (χ3v) is 7.12. The van der Waals surface area contributed by atoms with E-state index in [1.165, 1.54) is 51.4 Å². The summed E-state index contributed by atoms with van der Waals surface area (Å²) in [6.07, 6.45) is 36.5. The van der Waals surface area contributed by atoms with E-state index in [0.29, 0.717) is 19.3 Å². The first kappa shape index (κ1) is 40.8. The second-order valence-corrected chi connectivity index (χ2v) is 11.5. The lowest BCUT2D eigenvalue weighted by molar-refractivity contribution is -0.152. The number of hydrogen-bond acceptors (Lipinski definition) is 6. The molecule has 0 rings (SSSR count). The Balaban J connectivity index is 3.60. The third kappa shape index (κ3) is 32.6. The van der Waals surface area contributed by atoms with Gasteiger partial charge < -0.3 is 19.7 Å². The molecule has 2 atom stereocenters. The summed E-state index contributed by atoms with van der Waals surface area (Å²) in [6, 6.07) is 0. The maximum atomic E-state index is 11.9. The van der Waals surface area contributed by atoms with Crippen molar-refractivity contribution in [2.75, 3.05) is 13.2 Å². The molecule has 0 aliphatic rings. The van der Waals surface area contributed by atoms with E-state index in [1.807, 2.05) is 0 Å². The van der Waals surface area contributed by atoms with Crippen LogP contribution in [-0.2, 0) is 19.1 Å². The van der Waals surface area contributed by atoms with Crippen LogP contribution in [0.2, 0.25) is 0 Å². The normalized spacial score (nSPS) is 13.5. The van der Waals surface area contributed by atoms with Crippen LogP contribution >= 0.6 is 0 Å². The number of rotatable bonds is 30. The van der Waals surface area contributed by atoms with Crippen LogP contribution in [0.15, 0.2) is 48.6 Å². The number of ether oxygens (including phenoxy) is 2. The van der Waals surface area contributed by atoms with Crippen LogP contribution in [0.25, 0.3) is 0 Å². The molecule has 0 bridgehead atoms. The summed E-state index contributed by atoms with van der Waals surface area (Å²) in [4.78, 5) is 23.8. The van der Waals surface area contributed by atoms with Crippen molar-refractivity contribution in [1.82, 2.24) is 0 Å². The summed E-state index contributed by atoms with van der Waals surface area (Å²) in [7, 11) is 0. The number of aliphatic hydroxyl groups excluding tert-OH is 2. The van der Waals surface area contributed by atoms with Crippen LogP contribution < -0.4 is 0 Å². The smallest absolute Gasteiger partial charge is 0.305 e. The zero-order chi connectivity index (χ0) is 31.6. The maximum Gasteiger partial charge on any atom is 0.305 e. The molecule has 43 heavy (non-hydrogen) atoms. The van der Waals surface area contributed by atoms with E-state index >= 15 is 0 Å². The minimum atomic E-state index is -0.993. The van der Waals surface area contributed by atoms with Gasteiger partial charge in [0.25, 0.3) is 0 Å². The molecule has 0 aliphatic heterocycles. The van der Waals surface area contributed by atoms with Crippen molar-refractivity contribution in [1.29, 1.82) is 0 Å². The van der Waals surface area contributed by atoms with Gasteiger partial charge in [-0.15, -0.1) is 0 Å². The monoisotopic (exact) mass is 604 g/mol. The highest BCUT2D eigenvalue weighted by molar-refractivity contribution is 5.69. The lowest BCUT2D eigenvalue weighted by Gasteiger charge is -2.12. The Hall–Kier alpha value is -2.18. The van der Waals surface area contributed by atoms with Gasteiger partial charge in [0.2, 0.25) is 0 Å². The van der Waals surface area contributed by atoms with Crippen LogP contribution in [-0.4, -0.2) is 47.6 Å². The molecule has 0 aromatic heterocycles.